The van der Waals surface area contributed by atoms with Gasteiger partial charge in [0, 0.05) is 11.8 Å². The van der Waals surface area contributed by atoms with Gasteiger partial charge in [-0.15, -0.1) is 11.3 Å². The zero-order valence-corrected chi connectivity index (χ0v) is 14.8. The second-order valence-corrected chi connectivity index (χ2v) is 7.32. The van der Waals surface area contributed by atoms with E-state index in [0.717, 1.165) is 32.4 Å². The number of thiophene rings is 1. The van der Waals surface area contributed by atoms with Crippen LogP contribution in [0.3, 0.4) is 0 Å². The molecule has 0 unspecified atom stereocenters. The van der Waals surface area contributed by atoms with Gasteiger partial charge in [0.1, 0.15) is 5.15 Å². The van der Waals surface area contributed by atoms with E-state index >= 15 is 0 Å². The normalized spacial score (nSPS) is 11.5. The van der Waals surface area contributed by atoms with Crippen LogP contribution in [0.15, 0.2) is 28.2 Å². The fourth-order valence-electron chi connectivity index (χ4n) is 2.08. The number of hydrogen-bond donors (Lipinski definition) is 0. The van der Waals surface area contributed by atoms with Gasteiger partial charge in [0.2, 0.25) is 0 Å². The summed E-state index contributed by atoms with van der Waals surface area (Å²) in [5, 5.41) is 2.48. The van der Waals surface area contributed by atoms with E-state index in [4.69, 9.17) is 11.6 Å². The van der Waals surface area contributed by atoms with Crippen molar-refractivity contribution in [2.75, 3.05) is 0 Å². The Morgan fingerprint density at radius 1 is 1.33 bits per heavy atom. The maximum Gasteiger partial charge on any atom is 0.162 e. The lowest BCUT2D eigenvalue weighted by molar-refractivity contribution is 0.632. The zero-order chi connectivity index (χ0) is 15.0. The topological polar surface area (TPSA) is 38.7 Å². The lowest BCUT2D eigenvalue weighted by atomic mass is 10.1. The first-order valence-corrected chi connectivity index (χ1v) is 8.65. The fraction of sp³-hybridized carbons (Fsp3) is 0.267. The Bertz CT molecular complexity index is 801. The first-order valence-electron chi connectivity index (χ1n) is 6.60. The summed E-state index contributed by atoms with van der Waals surface area (Å²) in [7, 11) is 0. The van der Waals surface area contributed by atoms with Crippen molar-refractivity contribution in [2.24, 2.45) is 5.92 Å². The minimum absolute atomic E-state index is 0.446. The number of aromatic nitrogens is 3. The third kappa shape index (κ3) is 3.10. The molecule has 6 heteroatoms. The molecule has 0 fully saturated rings. The third-order valence-electron chi connectivity index (χ3n) is 3.04. The van der Waals surface area contributed by atoms with Crippen LogP contribution in [0.25, 0.3) is 21.6 Å². The van der Waals surface area contributed by atoms with Gasteiger partial charge >= 0.3 is 0 Å². The van der Waals surface area contributed by atoms with E-state index in [0.29, 0.717) is 16.9 Å². The molecule has 0 aliphatic carbocycles. The number of halogens is 2. The van der Waals surface area contributed by atoms with Gasteiger partial charge in [0.25, 0.3) is 0 Å². The van der Waals surface area contributed by atoms with Crippen LogP contribution in [0.1, 0.15) is 19.5 Å². The molecule has 0 radical (unpaired) electrons. The Morgan fingerprint density at radius 3 is 2.90 bits per heavy atom. The molecule has 108 valence electrons. The predicted octanol–water partition coefficient (Wildman–Crippen LogP) is 5.37. The Labute approximate surface area is 140 Å². The molecule has 0 aromatic carbocycles. The lowest BCUT2D eigenvalue weighted by Crippen LogP contribution is -2.02. The minimum atomic E-state index is 0.446. The number of pyridine rings is 1. The summed E-state index contributed by atoms with van der Waals surface area (Å²) in [5.41, 5.74) is 2.82. The molecule has 0 N–H and O–H groups in total. The van der Waals surface area contributed by atoms with E-state index < -0.39 is 0 Å². The molecule has 0 atom stereocenters. The highest BCUT2D eigenvalue weighted by atomic mass is 79.9. The molecule has 0 bridgehead atoms. The summed E-state index contributed by atoms with van der Waals surface area (Å²) in [5.74, 6) is 1.12. The Balaban J connectivity index is 2.10. The average molecular weight is 383 g/mol. The monoisotopic (exact) mass is 381 g/mol. The molecule has 0 saturated heterocycles. The van der Waals surface area contributed by atoms with Crippen LogP contribution in [0.2, 0.25) is 5.15 Å². The third-order valence-corrected chi connectivity index (χ3v) is 5.23. The molecular formula is C15H13BrClN3S. The molecule has 3 aromatic heterocycles. The van der Waals surface area contributed by atoms with Crippen LogP contribution in [-0.2, 0) is 6.42 Å². The quantitative estimate of drug-likeness (QED) is 0.572. The van der Waals surface area contributed by atoms with Crippen LogP contribution in [0.5, 0.6) is 0 Å². The van der Waals surface area contributed by atoms with Crippen LogP contribution < -0.4 is 0 Å². The zero-order valence-electron chi connectivity index (χ0n) is 11.6. The van der Waals surface area contributed by atoms with Gasteiger partial charge in [-0.1, -0.05) is 25.4 Å². The molecule has 0 saturated carbocycles. The van der Waals surface area contributed by atoms with Crippen molar-refractivity contribution >= 4 is 49.1 Å². The molecule has 0 amide bonds. The highest BCUT2D eigenvalue weighted by Gasteiger charge is 2.14. The highest BCUT2D eigenvalue weighted by molar-refractivity contribution is 9.10. The van der Waals surface area contributed by atoms with E-state index in [2.05, 4.69) is 50.8 Å². The largest absolute Gasteiger partial charge is 0.255 e. The van der Waals surface area contributed by atoms with Crippen molar-refractivity contribution in [3.05, 3.63) is 39.0 Å². The Kier molecular flexibility index (Phi) is 4.24. The Morgan fingerprint density at radius 2 is 2.14 bits per heavy atom. The van der Waals surface area contributed by atoms with Crippen molar-refractivity contribution in [1.82, 2.24) is 15.0 Å². The molecule has 0 aliphatic heterocycles. The summed E-state index contributed by atoms with van der Waals surface area (Å²) in [6, 6.07) is 4.06. The van der Waals surface area contributed by atoms with Gasteiger partial charge in [-0.2, -0.15) is 0 Å². The van der Waals surface area contributed by atoms with Crippen molar-refractivity contribution in [2.45, 2.75) is 20.3 Å². The van der Waals surface area contributed by atoms with Gasteiger partial charge in [-0.25, -0.2) is 9.97 Å². The molecule has 3 nitrogen and oxygen atoms in total. The molecule has 0 aliphatic rings. The number of rotatable bonds is 3. The summed E-state index contributed by atoms with van der Waals surface area (Å²) in [6.45, 7) is 4.31. The predicted molar refractivity (Wildman–Crippen MR) is 91.9 cm³/mol. The van der Waals surface area contributed by atoms with Gasteiger partial charge in [0.15, 0.2) is 5.82 Å². The number of nitrogens with zero attached hydrogens (tertiary/aromatic N) is 3. The second kappa shape index (κ2) is 5.99. The molecule has 21 heavy (non-hydrogen) atoms. The molecule has 3 rings (SSSR count). The van der Waals surface area contributed by atoms with Gasteiger partial charge in [-0.3, -0.25) is 4.98 Å². The van der Waals surface area contributed by atoms with E-state index in [-0.39, 0.29) is 0 Å². The lowest BCUT2D eigenvalue weighted by Gasteiger charge is -2.10. The van der Waals surface area contributed by atoms with Crippen LogP contribution >= 0.6 is 38.9 Å². The van der Waals surface area contributed by atoms with Gasteiger partial charge < -0.3 is 0 Å². The van der Waals surface area contributed by atoms with E-state index in [1.54, 1.807) is 17.5 Å². The maximum atomic E-state index is 6.23. The fourth-order valence-corrected chi connectivity index (χ4v) is 3.39. The summed E-state index contributed by atoms with van der Waals surface area (Å²) in [6.07, 6.45) is 2.65. The van der Waals surface area contributed by atoms with Gasteiger partial charge in [0.05, 0.1) is 20.4 Å². The SMILES string of the molecule is CC(C)Cc1nc(-c2cnc3ccsc3c2)nc(Cl)c1Br. The smallest absolute Gasteiger partial charge is 0.162 e. The highest BCUT2D eigenvalue weighted by Crippen LogP contribution is 2.30. The van der Waals surface area contributed by atoms with Crippen molar-refractivity contribution in [1.29, 1.82) is 0 Å². The molecular weight excluding hydrogens is 370 g/mol. The van der Waals surface area contributed by atoms with Crippen molar-refractivity contribution in [3.8, 4) is 11.4 Å². The number of hydrogen-bond acceptors (Lipinski definition) is 4. The summed E-state index contributed by atoms with van der Waals surface area (Å²) < 4.78 is 1.91. The molecule has 3 aromatic rings. The average Bonchev–Trinajstić information content (AvgIpc) is 2.90. The van der Waals surface area contributed by atoms with E-state index in [1.165, 1.54) is 0 Å². The van der Waals surface area contributed by atoms with Crippen LogP contribution in [0, 0.1) is 5.92 Å². The van der Waals surface area contributed by atoms with Gasteiger partial charge in [-0.05, 0) is 45.8 Å². The van der Waals surface area contributed by atoms with E-state index in [9.17, 15) is 0 Å². The summed E-state index contributed by atoms with van der Waals surface area (Å²) >= 11 is 11.4. The second-order valence-electron chi connectivity index (χ2n) is 5.22. The first kappa shape index (κ1) is 14.9. The number of fused-ring (bicyclic) bond motifs is 1. The summed E-state index contributed by atoms with van der Waals surface area (Å²) in [4.78, 5) is 13.5. The Hall–Kier alpha value is -1.04. The van der Waals surface area contributed by atoms with Crippen molar-refractivity contribution < 1.29 is 0 Å². The van der Waals surface area contributed by atoms with E-state index in [1.807, 2.05) is 11.4 Å². The standard InChI is InChI=1S/C15H13BrClN3S/c1-8(2)5-11-13(16)14(17)20-15(19-11)9-6-12-10(18-7-9)3-4-21-12/h3-4,6-8H,5H2,1-2H3. The van der Waals surface area contributed by atoms with Crippen LogP contribution in [-0.4, -0.2) is 15.0 Å². The minimum Gasteiger partial charge on any atom is -0.255 e. The molecule has 0 spiro atoms. The van der Waals surface area contributed by atoms with Crippen LogP contribution in [0.4, 0.5) is 0 Å². The maximum absolute atomic E-state index is 6.23. The molecule has 3 heterocycles. The van der Waals surface area contributed by atoms with Crippen molar-refractivity contribution in [3.63, 3.8) is 0 Å². The first-order chi connectivity index (χ1) is 10.0.